The Labute approximate surface area is 110 Å². The number of fused-ring (bicyclic) bond motifs is 1. The third-order valence-electron chi connectivity index (χ3n) is 3.94. The average molecular weight is 292 g/mol. The molecule has 1 amide bonds. The Morgan fingerprint density at radius 2 is 2.41 bits per heavy atom. The number of aromatic nitrogens is 1. The number of hydrogen-bond donors (Lipinski definition) is 0. The zero-order valence-electron chi connectivity index (χ0n) is 9.64. The van der Waals surface area contributed by atoms with Crippen molar-refractivity contribution in [3.8, 4) is 0 Å². The fourth-order valence-electron chi connectivity index (χ4n) is 2.89. The van der Waals surface area contributed by atoms with Crippen molar-refractivity contribution in [3.05, 3.63) is 22.8 Å². The van der Waals surface area contributed by atoms with E-state index in [-0.39, 0.29) is 5.94 Å². The number of likely N-dealkylation sites (tertiary alicyclic amines) is 1. The molecular formula is C12H13BBrN2O. The van der Waals surface area contributed by atoms with E-state index >= 15 is 0 Å². The molecule has 2 aliphatic rings. The van der Waals surface area contributed by atoms with E-state index in [1.807, 2.05) is 23.1 Å². The Morgan fingerprint density at radius 3 is 3.12 bits per heavy atom. The van der Waals surface area contributed by atoms with E-state index in [2.05, 4.69) is 35.1 Å². The normalized spacial score (nSPS) is 34.4. The minimum atomic E-state index is 0.207. The number of halogens is 1. The van der Waals surface area contributed by atoms with Gasteiger partial charge in [0.05, 0.1) is 0 Å². The SMILES string of the molecule is CC12CC([B]c3cccc(Br)n3)N(C=O)C1C2. The lowest BCUT2D eigenvalue weighted by Crippen LogP contribution is -2.41. The molecule has 0 aromatic carbocycles. The maximum absolute atomic E-state index is 11.1. The lowest BCUT2D eigenvalue weighted by Gasteiger charge is -2.22. The predicted molar refractivity (Wildman–Crippen MR) is 70.1 cm³/mol. The second-order valence-corrected chi connectivity index (χ2v) is 6.06. The third kappa shape index (κ3) is 1.90. The minimum absolute atomic E-state index is 0.207. The first-order chi connectivity index (χ1) is 8.12. The molecule has 1 saturated heterocycles. The lowest BCUT2D eigenvalue weighted by atomic mass is 9.63. The number of nitrogens with zero attached hydrogens (tertiary/aromatic N) is 2. The Morgan fingerprint density at radius 1 is 1.59 bits per heavy atom. The Hall–Kier alpha value is -0.835. The first-order valence-corrected chi connectivity index (χ1v) is 6.62. The summed E-state index contributed by atoms with van der Waals surface area (Å²) in [5.74, 6) is 0.207. The summed E-state index contributed by atoms with van der Waals surface area (Å²) >= 11 is 3.36. The number of piperidine rings is 1. The Kier molecular flexibility index (Phi) is 2.54. The van der Waals surface area contributed by atoms with E-state index in [0.717, 1.165) is 29.4 Å². The van der Waals surface area contributed by atoms with Gasteiger partial charge >= 0.3 is 0 Å². The fourth-order valence-corrected chi connectivity index (χ4v) is 3.25. The van der Waals surface area contributed by atoms with E-state index in [9.17, 15) is 4.79 Å². The Bertz CT molecular complexity index is 470. The number of hydrogen-bond acceptors (Lipinski definition) is 2. The molecule has 1 aromatic heterocycles. The van der Waals surface area contributed by atoms with Crippen LogP contribution >= 0.6 is 15.9 Å². The highest BCUT2D eigenvalue weighted by molar-refractivity contribution is 9.10. The molecular weight excluding hydrogens is 279 g/mol. The summed E-state index contributed by atoms with van der Waals surface area (Å²) in [6.45, 7) is 2.26. The van der Waals surface area contributed by atoms with Crippen LogP contribution in [0, 0.1) is 5.41 Å². The summed E-state index contributed by atoms with van der Waals surface area (Å²) < 4.78 is 0.832. The van der Waals surface area contributed by atoms with Crippen LogP contribution in [0.25, 0.3) is 0 Å². The van der Waals surface area contributed by atoms with Crippen LogP contribution in [-0.4, -0.2) is 35.6 Å². The van der Waals surface area contributed by atoms with Crippen molar-refractivity contribution in [1.82, 2.24) is 9.88 Å². The molecule has 1 aliphatic heterocycles. The van der Waals surface area contributed by atoms with Gasteiger partial charge in [-0.3, -0.25) is 9.78 Å². The molecule has 0 bridgehead atoms. The Balaban J connectivity index is 1.76. The van der Waals surface area contributed by atoms with Gasteiger partial charge in [0, 0.05) is 17.6 Å². The first kappa shape index (κ1) is 11.3. The van der Waals surface area contributed by atoms with Crippen LogP contribution in [0.2, 0.25) is 0 Å². The van der Waals surface area contributed by atoms with Gasteiger partial charge in [-0.05, 0) is 40.3 Å². The molecule has 3 rings (SSSR count). The number of carbonyl (C=O) groups excluding carboxylic acids is 1. The molecule has 87 valence electrons. The third-order valence-corrected chi connectivity index (χ3v) is 4.39. The van der Waals surface area contributed by atoms with E-state index in [1.165, 1.54) is 0 Å². The van der Waals surface area contributed by atoms with Crippen molar-refractivity contribution in [2.24, 2.45) is 5.41 Å². The molecule has 2 heterocycles. The smallest absolute Gasteiger partial charge is 0.209 e. The molecule has 1 radical (unpaired) electrons. The van der Waals surface area contributed by atoms with E-state index < -0.39 is 0 Å². The van der Waals surface area contributed by atoms with Crippen molar-refractivity contribution < 1.29 is 4.79 Å². The summed E-state index contributed by atoms with van der Waals surface area (Å²) in [5.41, 5.74) is 1.29. The van der Waals surface area contributed by atoms with Crippen molar-refractivity contribution in [2.75, 3.05) is 0 Å². The minimum Gasteiger partial charge on any atom is -0.346 e. The van der Waals surface area contributed by atoms with Crippen molar-refractivity contribution in [3.63, 3.8) is 0 Å². The molecule has 0 spiro atoms. The predicted octanol–water partition coefficient (Wildman–Crippen LogP) is 1.14. The molecule has 3 unspecified atom stereocenters. The molecule has 3 atom stereocenters. The van der Waals surface area contributed by atoms with Crippen LogP contribution in [0.1, 0.15) is 19.8 Å². The van der Waals surface area contributed by atoms with Crippen molar-refractivity contribution in [2.45, 2.75) is 31.7 Å². The van der Waals surface area contributed by atoms with E-state index in [4.69, 9.17) is 0 Å². The zero-order valence-corrected chi connectivity index (χ0v) is 11.2. The first-order valence-electron chi connectivity index (χ1n) is 5.82. The van der Waals surface area contributed by atoms with Gasteiger partial charge in [0.25, 0.3) is 0 Å². The second kappa shape index (κ2) is 3.84. The van der Waals surface area contributed by atoms with Gasteiger partial charge in [-0.15, -0.1) is 0 Å². The molecule has 2 fully saturated rings. The van der Waals surface area contributed by atoms with Gasteiger partial charge < -0.3 is 4.90 Å². The number of rotatable bonds is 3. The second-order valence-electron chi connectivity index (χ2n) is 5.25. The quantitative estimate of drug-likeness (QED) is 0.475. The summed E-state index contributed by atoms with van der Waals surface area (Å²) in [5, 5.41) is 0. The molecule has 1 saturated carbocycles. The molecule has 17 heavy (non-hydrogen) atoms. The summed E-state index contributed by atoms with van der Waals surface area (Å²) in [4.78, 5) is 17.5. The summed E-state index contributed by atoms with van der Waals surface area (Å²) in [6.07, 6.45) is 3.20. The summed E-state index contributed by atoms with van der Waals surface area (Å²) in [6, 6.07) is 6.29. The molecule has 0 N–H and O–H groups in total. The van der Waals surface area contributed by atoms with Gasteiger partial charge in [0.1, 0.15) is 4.60 Å². The van der Waals surface area contributed by atoms with Gasteiger partial charge in [-0.1, -0.05) is 19.1 Å². The molecule has 1 aliphatic carbocycles. The van der Waals surface area contributed by atoms with Crippen molar-refractivity contribution in [1.29, 1.82) is 0 Å². The zero-order chi connectivity index (χ0) is 12.0. The monoisotopic (exact) mass is 291 g/mol. The van der Waals surface area contributed by atoms with Gasteiger partial charge in [0.2, 0.25) is 13.7 Å². The lowest BCUT2D eigenvalue weighted by molar-refractivity contribution is -0.118. The highest BCUT2D eigenvalue weighted by Gasteiger charge is 2.60. The number of carbonyl (C=O) groups is 1. The molecule has 5 heteroatoms. The van der Waals surface area contributed by atoms with Crippen LogP contribution in [0.5, 0.6) is 0 Å². The van der Waals surface area contributed by atoms with Crippen LogP contribution < -0.4 is 5.59 Å². The topological polar surface area (TPSA) is 33.2 Å². The van der Waals surface area contributed by atoms with Crippen LogP contribution in [0.3, 0.4) is 0 Å². The van der Waals surface area contributed by atoms with Crippen LogP contribution in [0.15, 0.2) is 22.8 Å². The maximum atomic E-state index is 11.1. The standard InChI is InChI=1S/C12H13BBrN2O/c1-12-5-8(12)16(7-17)10(6-12)13-9-3-2-4-11(14)15-9/h2-4,7-8,10H,5-6H2,1H3. The van der Waals surface area contributed by atoms with Gasteiger partial charge in [0.15, 0.2) is 0 Å². The molecule has 3 nitrogen and oxygen atoms in total. The average Bonchev–Trinajstić information content (AvgIpc) is 2.83. The van der Waals surface area contributed by atoms with Gasteiger partial charge in [-0.2, -0.15) is 0 Å². The highest BCUT2D eigenvalue weighted by Crippen LogP contribution is 2.58. The number of pyridine rings is 1. The van der Waals surface area contributed by atoms with E-state index in [1.54, 1.807) is 0 Å². The van der Waals surface area contributed by atoms with Crippen molar-refractivity contribution >= 4 is 35.2 Å². The summed E-state index contributed by atoms with van der Waals surface area (Å²) in [7, 11) is 2.09. The van der Waals surface area contributed by atoms with Crippen LogP contribution in [-0.2, 0) is 4.79 Å². The fraction of sp³-hybridized carbons (Fsp3) is 0.500. The van der Waals surface area contributed by atoms with Crippen LogP contribution in [0.4, 0.5) is 0 Å². The highest BCUT2D eigenvalue weighted by atomic mass is 79.9. The van der Waals surface area contributed by atoms with Gasteiger partial charge in [-0.25, -0.2) is 0 Å². The largest absolute Gasteiger partial charge is 0.346 e. The molecule has 1 aromatic rings. The number of amides is 1. The van der Waals surface area contributed by atoms with E-state index in [0.29, 0.717) is 11.5 Å². The maximum Gasteiger partial charge on any atom is 0.209 e.